The first-order valence-electron chi connectivity index (χ1n) is 9.60. The van der Waals surface area contributed by atoms with Gasteiger partial charge in [-0.1, -0.05) is 6.92 Å². The van der Waals surface area contributed by atoms with E-state index in [4.69, 9.17) is 9.72 Å². The maximum Gasteiger partial charge on any atom is 0.405 e. The van der Waals surface area contributed by atoms with E-state index in [1.165, 1.54) is 0 Å². The minimum absolute atomic E-state index is 0.00267. The number of carbonyl (C=O) groups is 2. The van der Waals surface area contributed by atoms with Crippen LogP contribution in [0.2, 0.25) is 0 Å². The number of carboxylic acid groups (broad SMARTS) is 1. The van der Waals surface area contributed by atoms with E-state index in [-0.39, 0.29) is 17.9 Å². The fourth-order valence-electron chi connectivity index (χ4n) is 4.49. The largest absolute Gasteiger partial charge is 0.465 e. The van der Waals surface area contributed by atoms with Gasteiger partial charge >= 0.3 is 6.09 Å². The number of ether oxygens (including phenoxy) is 1. The van der Waals surface area contributed by atoms with E-state index in [2.05, 4.69) is 10.2 Å². The molecule has 1 aromatic heterocycles. The molecule has 1 aliphatic carbocycles. The van der Waals surface area contributed by atoms with Gasteiger partial charge in [0.05, 0.1) is 30.6 Å². The van der Waals surface area contributed by atoms with Crippen molar-refractivity contribution in [3.05, 3.63) is 17.8 Å². The first kappa shape index (κ1) is 18.0. The van der Waals surface area contributed by atoms with Crippen molar-refractivity contribution in [1.82, 2.24) is 10.3 Å². The molecule has 2 N–H and O–H groups in total. The van der Waals surface area contributed by atoms with E-state index in [0.29, 0.717) is 24.8 Å². The molecular weight excluding hydrogens is 348 g/mol. The fourth-order valence-corrected chi connectivity index (χ4v) is 4.49. The predicted molar refractivity (Wildman–Crippen MR) is 100 cm³/mol. The van der Waals surface area contributed by atoms with Crippen LogP contribution in [-0.2, 0) is 9.53 Å². The number of hydrogen-bond acceptors (Lipinski definition) is 5. The Morgan fingerprint density at radius 2 is 1.96 bits per heavy atom. The second-order valence-corrected chi connectivity index (χ2v) is 7.68. The third-order valence-corrected chi connectivity index (χ3v) is 5.86. The third-order valence-electron chi connectivity index (χ3n) is 5.86. The topological polar surface area (TPSA) is 95.0 Å². The summed E-state index contributed by atoms with van der Waals surface area (Å²) in [5.74, 6) is 1.16. The van der Waals surface area contributed by atoms with Crippen molar-refractivity contribution in [2.45, 2.75) is 38.8 Å². The molecule has 4 rings (SSSR count). The van der Waals surface area contributed by atoms with Crippen molar-refractivity contribution >= 4 is 23.5 Å². The van der Waals surface area contributed by atoms with Crippen LogP contribution < -0.4 is 15.1 Å². The van der Waals surface area contributed by atoms with Crippen LogP contribution in [0.25, 0.3) is 0 Å². The van der Waals surface area contributed by atoms with Crippen molar-refractivity contribution < 1.29 is 19.4 Å². The van der Waals surface area contributed by atoms with Gasteiger partial charge in [0.2, 0.25) is 5.91 Å². The molecule has 2 aliphatic heterocycles. The van der Waals surface area contributed by atoms with E-state index < -0.39 is 12.1 Å². The average molecular weight is 374 g/mol. The lowest BCUT2D eigenvalue weighted by atomic mass is 9.82. The van der Waals surface area contributed by atoms with Gasteiger partial charge in [-0.05, 0) is 30.9 Å². The van der Waals surface area contributed by atoms with Gasteiger partial charge in [-0.15, -0.1) is 0 Å². The van der Waals surface area contributed by atoms with Crippen LogP contribution in [0.4, 0.5) is 16.3 Å². The van der Waals surface area contributed by atoms with Crippen LogP contribution in [0.15, 0.2) is 12.1 Å². The maximum absolute atomic E-state index is 12.5. The molecule has 0 bridgehead atoms. The Hall–Kier alpha value is -2.35. The van der Waals surface area contributed by atoms with E-state index in [1.54, 1.807) is 6.92 Å². The highest BCUT2D eigenvalue weighted by Crippen LogP contribution is 2.48. The Morgan fingerprint density at radius 1 is 1.26 bits per heavy atom. The molecule has 0 aromatic carbocycles. The minimum atomic E-state index is -1.07. The first-order valence-corrected chi connectivity index (χ1v) is 9.60. The Morgan fingerprint density at radius 3 is 2.56 bits per heavy atom. The quantitative estimate of drug-likeness (QED) is 0.840. The zero-order chi connectivity index (χ0) is 19.1. The molecule has 0 spiro atoms. The standard InChI is InChI=1S/C19H26N4O4/c1-11-16(21-19(25)26)17-14(23(12(2)24)18(11)13-3-4-13)5-6-15(20-17)22-7-9-27-10-8-22/h5-6,11,13,16,18,21H,3-4,7-10H2,1-2H3,(H,25,26)/t11-,16-,18-/m1/s1. The van der Waals surface area contributed by atoms with E-state index in [0.717, 1.165) is 37.4 Å². The number of rotatable bonds is 3. The third kappa shape index (κ3) is 3.34. The summed E-state index contributed by atoms with van der Waals surface area (Å²) in [6.45, 7) is 6.39. The summed E-state index contributed by atoms with van der Waals surface area (Å²) in [7, 11) is 0. The Kier molecular flexibility index (Phi) is 4.67. The Bertz CT molecular complexity index is 745. The number of carbonyl (C=O) groups excluding carboxylic acids is 1. The maximum atomic E-state index is 12.5. The summed E-state index contributed by atoms with van der Waals surface area (Å²) in [5, 5.41) is 12.1. The molecule has 3 atom stereocenters. The van der Waals surface area contributed by atoms with Crippen molar-refractivity contribution in [2.75, 3.05) is 36.1 Å². The average Bonchev–Trinajstić information content (AvgIpc) is 3.48. The van der Waals surface area contributed by atoms with Gasteiger partial charge < -0.3 is 25.0 Å². The smallest absolute Gasteiger partial charge is 0.405 e. The fraction of sp³-hybridized carbons (Fsp3) is 0.632. The minimum Gasteiger partial charge on any atom is -0.465 e. The van der Waals surface area contributed by atoms with Crippen LogP contribution >= 0.6 is 0 Å². The molecule has 3 aliphatic rings. The van der Waals surface area contributed by atoms with Gasteiger partial charge in [-0.2, -0.15) is 0 Å². The predicted octanol–water partition coefficient (Wildman–Crippen LogP) is 2.01. The molecule has 27 heavy (non-hydrogen) atoms. The molecule has 2 fully saturated rings. The van der Waals surface area contributed by atoms with Crippen LogP contribution in [0.1, 0.15) is 38.4 Å². The Labute approximate surface area is 158 Å². The van der Waals surface area contributed by atoms with Crippen molar-refractivity contribution in [1.29, 1.82) is 0 Å². The number of pyridine rings is 1. The van der Waals surface area contributed by atoms with Gasteiger partial charge in [0.1, 0.15) is 5.82 Å². The van der Waals surface area contributed by atoms with Gasteiger partial charge in [0.15, 0.2) is 0 Å². The zero-order valence-corrected chi connectivity index (χ0v) is 15.7. The molecule has 1 saturated carbocycles. The summed E-state index contributed by atoms with van der Waals surface area (Å²) >= 11 is 0. The number of hydrogen-bond donors (Lipinski definition) is 2. The highest BCUT2D eigenvalue weighted by Gasteiger charge is 2.48. The number of aromatic nitrogens is 1. The number of fused-ring (bicyclic) bond motifs is 1. The van der Waals surface area contributed by atoms with Crippen LogP contribution in [0.3, 0.4) is 0 Å². The number of anilines is 2. The van der Waals surface area contributed by atoms with Gasteiger partial charge in [0.25, 0.3) is 0 Å². The normalized spacial score (nSPS) is 27.9. The number of morpholine rings is 1. The lowest BCUT2D eigenvalue weighted by molar-refractivity contribution is -0.117. The number of amides is 2. The van der Waals surface area contributed by atoms with E-state index in [1.807, 2.05) is 24.0 Å². The molecule has 0 radical (unpaired) electrons. The van der Waals surface area contributed by atoms with Gasteiger partial charge in [-0.25, -0.2) is 9.78 Å². The van der Waals surface area contributed by atoms with Crippen molar-refractivity contribution in [3.63, 3.8) is 0 Å². The van der Waals surface area contributed by atoms with Gasteiger partial charge in [0, 0.05) is 32.0 Å². The zero-order valence-electron chi connectivity index (χ0n) is 15.7. The molecule has 1 saturated heterocycles. The number of nitrogens with zero attached hydrogens (tertiary/aromatic N) is 3. The van der Waals surface area contributed by atoms with Crippen LogP contribution in [0, 0.1) is 11.8 Å². The van der Waals surface area contributed by atoms with Crippen molar-refractivity contribution in [2.24, 2.45) is 11.8 Å². The lowest BCUT2D eigenvalue weighted by Crippen LogP contribution is -2.53. The molecule has 146 valence electrons. The summed E-state index contributed by atoms with van der Waals surface area (Å²) < 4.78 is 5.41. The molecular formula is C19H26N4O4. The summed E-state index contributed by atoms with van der Waals surface area (Å²) in [4.78, 5) is 32.8. The first-order chi connectivity index (χ1) is 13.0. The summed E-state index contributed by atoms with van der Waals surface area (Å²) in [6, 6.07) is 3.42. The molecule has 3 heterocycles. The van der Waals surface area contributed by atoms with E-state index in [9.17, 15) is 14.7 Å². The second kappa shape index (κ2) is 6.99. The van der Waals surface area contributed by atoms with Crippen LogP contribution in [0.5, 0.6) is 0 Å². The van der Waals surface area contributed by atoms with Crippen molar-refractivity contribution in [3.8, 4) is 0 Å². The molecule has 2 amide bonds. The highest BCUT2D eigenvalue weighted by atomic mass is 16.5. The van der Waals surface area contributed by atoms with Crippen LogP contribution in [-0.4, -0.2) is 54.4 Å². The monoisotopic (exact) mass is 374 g/mol. The van der Waals surface area contributed by atoms with Gasteiger partial charge in [-0.3, -0.25) is 4.79 Å². The lowest BCUT2D eigenvalue weighted by Gasteiger charge is -2.45. The second-order valence-electron chi connectivity index (χ2n) is 7.68. The SMILES string of the molecule is CC(=O)N1c2ccc(N3CCOCC3)nc2[C@H](NC(=O)O)[C@@H](C)[C@@H]1C1CC1. The molecule has 8 nitrogen and oxygen atoms in total. The number of nitrogens with one attached hydrogen (secondary N) is 1. The molecule has 0 unspecified atom stereocenters. The molecule has 1 aromatic rings. The van der Waals surface area contributed by atoms with E-state index >= 15 is 0 Å². The summed E-state index contributed by atoms with van der Waals surface area (Å²) in [5.41, 5.74) is 1.37. The highest BCUT2D eigenvalue weighted by molar-refractivity contribution is 5.94. The Balaban J connectivity index is 1.78. The summed E-state index contributed by atoms with van der Waals surface area (Å²) in [6.07, 6.45) is 1.09. The molecule has 8 heteroatoms.